The molecule has 5 nitrogen and oxygen atoms in total. The molecule has 2 amide bonds. The zero-order valence-corrected chi connectivity index (χ0v) is 16.9. The third-order valence-electron chi connectivity index (χ3n) is 4.52. The molecule has 0 aliphatic carbocycles. The summed E-state index contributed by atoms with van der Waals surface area (Å²) in [5, 5.41) is 2.42. The number of nitrogens with two attached hydrogens (primary N) is 1. The number of amides is 2. The maximum Gasteiger partial charge on any atom is 0.250 e. The van der Waals surface area contributed by atoms with Crippen molar-refractivity contribution in [3.63, 3.8) is 0 Å². The van der Waals surface area contributed by atoms with Gasteiger partial charge in [-0.15, -0.1) is 0 Å². The molecule has 1 fully saturated rings. The first-order valence-electron chi connectivity index (χ1n) is 8.58. The highest BCUT2D eigenvalue weighted by atomic mass is 127. The second-order valence-electron chi connectivity index (χ2n) is 6.47. The molecule has 1 heterocycles. The Morgan fingerprint density at radius 1 is 1.18 bits per heavy atom. The molecule has 3 N–H and O–H groups in total. The number of hydrogen-bond donors (Lipinski definition) is 2. The van der Waals surface area contributed by atoms with Gasteiger partial charge in [-0.25, -0.2) is 13.2 Å². The third-order valence-corrected chi connectivity index (χ3v) is 5.19. The quantitative estimate of drug-likeness (QED) is 0.605. The average molecular weight is 503 g/mol. The van der Waals surface area contributed by atoms with E-state index < -0.39 is 29.0 Å². The number of anilines is 2. The van der Waals surface area contributed by atoms with Crippen molar-refractivity contribution in [2.45, 2.75) is 25.8 Å². The largest absolute Gasteiger partial charge is 0.366 e. The average Bonchev–Trinajstić information content (AvgIpc) is 2.64. The van der Waals surface area contributed by atoms with Gasteiger partial charge in [-0.3, -0.25) is 9.59 Å². The number of carbonyl (C=O) groups is 2. The van der Waals surface area contributed by atoms with Gasteiger partial charge in [-0.1, -0.05) is 0 Å². The molecule has 28 heavy (non-hydrogen) atoms. The summed E-state index contributed by atoms with van der Waals surface area (Å²) in [7, 11) is 0. The number of carbonyl (C=O) groups excluding carboxylic acids is 2. The van der Waals surface area contributed by atoms with Gasteiger partial charge in [-0.05, 0) is 59.7 Å². The molecule has 0 radical (unpaired) electrons. The van der Waals surface area contributed by atoms with E-state index >= 15 is 0 Å². The Hall–Kier alpha value is -2.30. The van der Waals surface area contributed by atoms with Gasteiger partial charge in [0.05, 0.1) is 16.9 Å². The first-order valence-corrected chi connectivity index (χ1v) is 9.66. The minimum Gasteiger partial charge on any atom is -0.366 e. The van der Waals surface area contributed by atoms with Gasteiger partial charge in [-0.2, -0.15) is 0 Å². The van der Waals surface area contributed by atoms with Crippen molar-refractivity contribution in [1.82, 2.24) is 4.90 Å². The van der Waals surface area contributed by atoms with Crippen LogP contribution in [0.4, 0.5) is 24.5 Å². The van der Waals surface area contributed by atoms with E-state index in [0.29, 0.717) is 16.5 Å². The molecule has 1 saturated heterocycles. The maximum absolute atomic E-state index is 14.8. The summed E-state index contributed by atoms with van der Waals surface area (Å²) >= 11 is 1.91. The van der Waals surface area contributed by atoms with Crippen molar-refractivity contribution >= 4 is 45.8 Å². The van der Waals surface area contributed by atoms with Crippen LogP contribution in [0, 0.1) is 21.0 Å². The highest BCUT2D eigenvalue weighted by molar-refractivity contribution is 14.1. The molecule has 0 unspecified atom stereocenters. The van der Waals surface area contributed by atoms with Crippen LogP contribution < -0.4 is 11.1 Å². The van der Waals surface area contributed by atoms with E-state index in [1.165, 1.54) is 17.0 Å². The van der Waals surface area contributed by atoms with Gasteiger partial charge in [0.2, 0.25) is 5.91 Å². The Bertz CT molecular complexity index is 953. The molecule has 3 rings (SSSR count). The second-order valence-corrected chi connectivity index (χ2v) is 7.72. The van der Waals surface area contributed by atoms with E-state index in [1.54, 1.807) is 6.07 Å². The second kappa shape index (κ2) is 8.38. The lowest BCUT2D eigenvalue weighted by molar-refractivity contribution is -0.133. The van der Waals surface area contributed by atoms with Crippen molar-refractivity contribution in [2.75, 3.05) is 11.9 Å². The predicted molar refractivity (Wildman–Crippen MR) is 107 cm³/mol. The van der Waals surface area contributed by atoms with Crippen LogP contribution in [0.25, 0.3) is 0 Å². The highest BCUT2D eigenvalue weighted by Crippen LogP contribution is 2.31. The topological polar surface area (TPSA) is 75.4 Å². The molecule has 0 bridgehead atoms. The molecular formula is C19H17F3IN3O2. The number of primary amides is 1. The van der Waals surface area contributed by atoms with Crippen molar-refractivity contribution in [2.24, 2.45) is 5.73 Å². The summed E-state index contributed by atoms with van der Waals surface area (Å²) in [5.74, 6) is -4.41. The Morgan fingerprint density at radius 2 is 1.93 bits per heavy atom. The third kappa shape index (κ3) is 4.23. The number of piperidine rings is 1. The normalized spacial score (nSPS) is 14.3. The summed E-state index contributed by atoms with van der Waals surface area (Å²) in [6.45, 7) is 0.264. The van der Waals surface area contributed by atoms with Gasteiger partial charge < -0.3 is 16.0 Å². The minimum absolute atomic E-state index is 0.125. The summed E-state index contributed by atoms with van der Waals surface area (Å²) in [4.78, 5) is 25.2. The minimum atomic E-state index is -1.35. The standard InChI is InChI=1S/C19H17F3IN3O2/c20-13-8-11(23)4-5-14(13)25-18-12(19(24)28)7-10(16(21)17(18)22)9-26-6-2-1-3-15(26)27/h4-5,7-8,25H,1-3,6,9H2,(H2,24,28). The zero-order chi connectivity index (χ0) is 20.4. The van der Waals surface area contributed by atoms with Crippen LogP contribution in [0.3, 0.4) is 0 Å². The molecule has 0 spiro atoms. The highest BCUT2D eigenvalue weighted by Gasteiger charge is 2.25. The van der Waals surface area contributed by atoms with Gasteiger partial charge >= 0.3 is 0 Å². The number of hydrogen-bond acceptors (Lipinski definition) is 3. The first kappa shape index (κ1) is 20.4. The number of nitrogens with zero attached hydrogens (tertiary/aromatic N) is 1. The van der Waals surface area contributed by atoms with Gasteiger partial charge in [0.1, 0.15) is 5.82 Å². The van der Waals surface area contributed by atoms with Gasteiger partial charge in [0.25, 0.3) is 5.91 Å². The molecule has 9 heteroatoms. The monoisotopic (exact) mass is 503 g/mol. The van der Waals surface area contributed by atoms with Crippen LogP contribution in [0.5, 0.6) is 0 Å². The molecule has 0 atom stereocenters. The van der Waals surface area contributed by atoms with Crippen molar-refractivity contribution in [1.29, 1.82) is 0 Å². The van der Waals surface area contributed by atoms with Crippen molar-refractivity contribution in [3.05, 3.63) is 56.4 Å². The van der Waals surface area contributed by atoms with Crippen LogP contribution in [-0.2, 0) is 11.3 Å². The van der Waals surface area contributed by atoms with Gasteiger partial charge in [0.15, 0.2) is 11.6 Å². The molecule has 2 aromatic carbocycles. The molecule has 1 aliphatic heterocycles. The van der Waals surface area contributed by atoms with Crippen LogP contribution in [0.1, 0.15) is 35.2 Å². The lowest BCUT2D eigenvalue weighted by Crippen LogP contribution is -2.35. The molecule has 148 valence electrons. The van der Waals surface area contributed by atoms with E-state index in [4.69, 9.17) is 5.73 Å². The van der Waals surface area contributed by atoms with Crippen LogP contribution in [0.2, 0.25) is 0 Å². The fraction of sp³-hybridized carbons (Fsp3) is 0.263. The number of likely N-dealkylation sites (tertiary alicyclic amines) is 1. The first-order chi connectivity index (χ1) is 13.3. The van der Waals surface area contributed by atoms with E-state index in [9.17, 15) is 22.8 Å². The molecular weight excluding hydrogens is 486 g/mol. The van der Waals surface area contributed by atoms with Crippen molar-refractivity contribution < 1.29 is 22.8 Å². The fourth-order valence-corrected chi connectivity index (χ4v) is 3.52. The van der Waals surface area contributed by atoms with E-state index in [2.05, 4.69) is 5.32 Å². The lowest BCUT2D eigenvalue weighted by Gasteiger charge is -2.27. The van der Waals surface area contributed by atoms with Crippen LogP contribution >= 0.6 is 22.6 Å². The molecule has 0 saturated carbocycles. The summed E-state index contributed by atoms with van der Waals surface area (Å²) in [6, 6.07) is 5.23. The fourth-order valence-electron chi connectivity index (χ4n) is 3.07. The number of nitrogens with one attached hydrogen (secondary N) is 1. The number of halogens is 4. The Labute approximate surface area is 173 Å². The van der Waals surface area contributed by atoms with E-state index in [0.717, 1.165) is 18.9 Å². The molecule has 0 aromatic heterocycles. The van der Waals surface area contributed by atoms with Crippen LogP contribution in [0.15, 0.2) is 24.3 Å². The lowest BCUT2D eigenvalue weighted by atomic mass is 10.0. The Morgan fingerprint density at radius 3 is 2.57 bits per heavy atom. The molecule has 2 aromatic rings. The molecule has 1 aliphatic rings. The summed E-state index contributed by atoms with van der Waals surface area (Å²) < 4.78 is 44.1. The number of benzene rings is 2. The van der Waals surface area contributed by atoms with E-state index in [-0.39, 0.29) is 29.3 Å². The smallest absolute Gasteiger partial charge is 0.250 e. The van der Waals surface area contributed by atoms with E-state index in [1.807, 2.05) is 22.6 Å². The number of rotatable bonds is 5. The maximum atomic E-state index is 14.8. The predicted octanol–water partition coefficient (Wildman–Crippen LogP) is 4.06. The van der Waals surface area contributed by atoms with Crippen LogP contribution in [-0.4, -0.2) is 23.3 Å². The summed E-state index contributed by atoms with van der Waals surface area (Å²) in [5.41, 5.74) is 4.19. The van der Waals surface area contributed by atoms with Crippen molar-refractivity contribution in [3.8, 4) is 0 Å². The SMILES string of the molecule is NC(=O)c1cc(CN2CCCCC2=O)c(F)c(F)c1Nc1ccc(I)cc1F. The Balaban J connectivity index is 2.00. The Kier molecular flexibility index (Phi) is 6.11. The zero-order valence-electron chi connectivity index (χ0n) is 14.7. The van der Waals surface area contributed by atoms with Gasteiger partial charge in [0, 0.05) is 28.6 Å². The summed E-state index contributed by atoms with van der Waals surface area (Å²) in [6.07, 6.45) is 1.87.